The summed E-state index contributed by atoms with van der Waals surface area (Å²) in [5.74, 6) is 6.87. The molecule has 3 aliphatic carbocycles. The third kappa shape index (κ3) is 10.5. The number of fused-ring (bicyclic) bond motifs is 2. The van der Waals surface area contributed by atoms with Crippen molar-refractivity contribution in [3.05, 3.63) is 82.1 Å². The Kier molecular flexibility index (Phi) is 17.0. The second kappa shape index (κ2) is 20.9. The number of aliphatic imine (C=N–C) groups is 1. The second-order valence-electron chi connectivity index (χ2n) is 17.7. The molecule has 11 atom stereocenters. The molecule has 5 rings (SSSR count). The van der Waals surface area contributed by atoms with Gasteiger partial charge in [-0.2, -0.15) is 0 Å². The number of unbranched alkanes of at least 4 members (excludes halogenated alkanes) is 1. The molecule has 0 saturated carbocycles. The third-order valence-corrected chi connectivity index (χ3v) is 20.8. The average Bonchev–Trinajstić information content (AvgIpc) is 3.47. The summed E-state index contributed by atoms with van der Waals surface area (Å²) < 4.78 is 7.86. The molecule has 0 aromatic rings. The van der Waals surface area contributed by atoms with Gasteiger partial charge in [-0.3, -0.25) is 0 Å². The van der Waals surface area contributed by atoms with Gasteiger partial charge >= 0.3 is 301 Å². The predicted octanol–water partition coefficient (Wildman–Crippen LogP) is 10.9. The Labute approximate surface area is 341 Å². The van der Waals surface area contributed by atoms with E-state index >= 15 is 0 Å². The normalized spacial score (nSPS) is 35.3. The van der Waals surface area contributed by atoms with E-state index in [1.165, 1.54) is 99.9 Å². The van der Waals surface area contributed by atoms with Crippen LogP contribution in [0.25, 0.3) is 0 Å². The van der Waals surface area contributed by atoms with E-state index < -0.39 is 0 Å². The van der Waals surface area contributed by atoms with Gasteiger partial charge in [0.25, 0.3) is 0 Å². The van der Waals surface area contributed by atoms with E-state index in [1.807, 2.05) is 15.2 Å². The van der Waals surface area contributed by atoms with Crippen molar-refractivity contribution < 1.29 is 21.2 Å². The van der Waals surface area contributed by atoms with Gasteiger partial charge in [-0.05, 0) is 26.5 Å². The fourth-order valence-electron chi connectivity index (χ4n) is 11.1. The molecule has 0 N–H and O–H groups in total. The molecular weight excluding hydrogens is 856 g/mol. The minimum atomic E-state index is -0.0246. The molecule has 0 amide bonds. The maximum absolute atomic E-state index is 4.62. The summed E-state index contributed by atoms with van der Waals surface area (Å²) in [5.41, 5.74) is 5.19. The van der Waals surface area contributed by atoms with Crippen LogP contribution in [-0.2, 0) is 0 Å². The van der Waals surface area contributed by atoms with Gasteiger partial charge in [-0.1, -0.05) is 5.57 Å². The molecule has 2 heterocycles. The molecule has 52 heavy (non-hydrogen) atoms. The van der Waals surface area contributed by atoms with Crippen LogP contribution < -0.4 is 21.2 Å². The van der Waals surface area contributed by atoms with Crippen LogP contribution in [0.4, 0.5) is 0 Å². The standard InChI is InChI=1S/C49H74I2N/c1-9-11-17-36(4)37(5)23-24-40(31-39-18-13-14-28-50-34-39)47-43(21-12-10-2)38(6)45(32-41-19-15-29-51-48(41)47)44-26-25-42(20-16-30-52-8)49(7)33-35(3)22-27-46(44)49/h9,11,17,22-26,29,36,38-46H,1,5,8,10,12-16,18-21,27-28,30-34H2,2-4,6-7H3/q-1/b17-11-,24-23-/t36?,38?,39?,40?,41?,42?,43?,44?,45-,46?,49-/m1/s1. The Morgan fingerprint density at radius 2 is 2.00 bits per heavy atom. The fourth-order valence-corrected chi connectivity index (χ4v) is 17.7. The Balaban J connectivity index is 1.57. The number of rotatable bonds is 16. The summed E-state index contributed by atoms with van der Waals surface area (Å²) in [5, 5.41) is 0. The number of hydrogen-bond donors (Lipinski definition) is 0. The Morgan fingerprint density at radius 3 is 2.79 bits per heavy atom. The molecule has 1 saturated heterocycles. The van der Waals surface area contributed by atoms with Crippen LogP contribution in [0.15, 0.2) is 87.1 Å². The van der Waals surface area contributed by atoms with Crippen molar-refractivity contribution in [1.29, 1.82) is 0 Å². The second-order valence-corrected chi connectivity index (χ2v) is 23.4. The Hall–Kier alpha value is -0.820. The van der Waals surface area contributed by atoms with E-state index in [0.717, 1.165) is 30.2 Å². The van der Waals surface area contributed by atoms with E-state index in [-0.39, 0.29) is 20.7 Å². The molecule has 290 valence electrons. The zero-order valence-corrected chi connectivity index (χ0v) is 38.1. The van der Waals surface area contributed by atoms with Crippen molar-refractivity contribution in [2.24, 2.45) is 69.6 Å². The monoisotopic (exact) mass is 930 g/mol. The van der Waals surface area contributed by atoms with Gasteiger partial charge in [0.15, 0.2) is 0 Å². The summed E-state index contributed by atoms with van der Waals surface area (Å²) in [6.07, 6.45) is 38.5. The SMILES string of the molecule is C=C/C=C\C(C)C(=C)/C=C\C(CC1CCCC[I-]C1)C1=C2I=CCCC2C[C@@H](C2C=CC(CCCN=C)[C@@]3(C)CC(C)=CCC23)C(C)C1CCCC. The minimum absolute atomic E-state index is 0.0246. The van der Waals surface area contributed by atoms with Gasteiger partial charge in [0.2, 0.25) is 0 Å². The summed E-state index contributed by atoms with van der Waals surface area (Å²) in [4.78, 5) is 4.24. The van der Waals surface area contributed by atoms with Crippen LogP contribution in [0, 0.1) is 64.6 Å². The summed E-state index contributed by atoms with van der Waals surface area (Å²) in [7, 11) is 0. The van der Waals surface area contributed by atoms with Gasteiger partial charge in [-0.15, -0.1) is 0 Å². The van der Waals surface area contributed by atoms with E-state index in [2.05, 4.69) is 106 Å². The van der Waals surface area contributed by atoms with Gasteiger partial charge < -0.3 is 4.99 Å². The summed E-state index contributed by atoms with van der Waals surface area (Å²) in [6, 6.07) is 0. The average molecular weight is 931 g/mol. The van der Waals surface area contributed by atoms with E-state index in [9.17, 15) is 0 Å². The van der Waals surface area contributed by atoms with Crippen molar-refractivity contribution in [1.82, 2.24) is 0 Å². The van der Waals surface area contributed by atoms with Crippen LogP contribution in [-0.4, -0.2) is 26.1 Å². The first-order valence-corrected chi connectivity index (χ1v) is 26.7. The molecule has 9 unspecified atom stereocenters. The van der Waals surface area contributed by atoms with E-state index in [1.54, 1.807) is 10.0 Å². The molecule has 5 aliphatic rings. The number of nitrogens with zero attached hydrogens (tertiary/aromatic N) is 1. The number of hydrogen-bond acceptors (Lipinski definition) is 1. The molecule has 0 spiro atoms. The van der Waals surface area contributed by atoms with Crippen molar-refractivity contribution in [2.45, 2.75) is 125 Å². The first kappa shape index (κ1) is 42.3. The number of alkyl halides is 2. The topological polar surface area (TPSA) is 12.4 Å². The first-order valence-electron chi connectivity index (χ1n) is 21.4. The molecule has 3 heteroatoms. The quantitative estimate of drug-likeness (QED) is 0.0365. The number of halogens is 2. The summed E-state index contributed by atoms with van der Waals surface area (Å²) >= 11 is 0.341. The van der Waals surface area contributed by atoms with Crippen LogP contribution in [0.1, 0.15) is 125 Å². The van der Waals surface area contributed by atoms with E-state index in [0.29, 0.717) is 62.1 Å². The predicted molar refractivity (Wildman–Crippen MR) is 236 cm³/mol. The molecule has 0 aromatic heterocycles. The van der Waals surface area contributed by atoms with Gasteiger partial charge in [0.05, 0.1) is 0 Å². The van der Waals surface area contributed by atoms with Gasteiger partial charge in [-0.25, -0.2) is 0 Å². The zero-order valence-electron chi connectivity index (χ0n) is 33.8. The van der Waals surface area contributed by atoms with Gasteiger partial charge in [0.1, 0.15) is 0 Å². The van der Waals surface area contributed by atoms with E-state index in [4.69, 9.17) is 0 Å². The Morgan fingerprint density at radius 1 is 1.15 bits per heavy atom. The first-order chi connectivity index (χ1) is 25.2. The molecule has 1 fully saturated rings. The summed E-state index contributed by atoms with van der Waals surface area (Å²) in [6.45, 7) is 25.8. The third-order valence-electron chi connectivity index (χ3n) is 14.1. The van der Waals surface area contributed by atoms with Crippen molar-refractivity contribution >= 4 is 31.5 Å². The van der Waals surface area contributed by atoms with Crippen LogP contribution in [0.5, 0.6) is 0 Å². The molecular formula is C49H74I2N-. The van der Waals surface area contributed by atoms with Crippen LogP contribution >= 0.6 is 20.7 Å². The maximum atomic E-state index is 4.62. The zero-order chi connectivity index (χ0) is 37.1. The Bertz CT molecular complexity index is 1380. The van der Waals surface area contributed by atoms with Crippen LogP contribution in [0.3, 0.4) is 0 Å². The van der Waals surface area contributed by atoms with Crippen molar-refractivity contribution in [2.75, 3.05) is 15.4 Å². The molecule has 0 radical (unpaired) electrons. The van der Waals surface area contributed by atoms with Crippen molar-refractivity contribution in [3.63, 3.8) is 0 Å². The van der Waals surface area contributed by atoms with Crippen LogP contribution in [0.2, 0.25) is 0 Å². The number of allylic oxidation sites excluding steroid dienone is 12. The van der Waals surface area contributed by atoms with Gasteiger partial charge in [0, 0.05) is 6.54 Å². The molecule has 0 aromatic carbocycles. The molecule has 0 bridgehead atoms. The fraction of sp³-hybridized carbons (Fsp3) is 0.673. The molecule has 2 aliphatic heterocycles. The van der Waals surface area contributed by atoms with Crippen molar-refractivity contribution in [3.8, 4) is 0 Å². The molecule has 1 nitrogen and oxygen atoms in total.